The highest BCUT2D eigenvalue weighted by atomic mass is 19.1. The smallest absolute Gasteiger partial charge is 0.224 e. The molecule has 1 aliphatic carbocycles. The Morgan fingerprint density at radius 2 is 1.72 bits per heavy atom. The zero-order chi connectivity index (χ0) is 21.6. The van der Waals surface area contributed by atoms with Gasteiger partial charge < -0.3 is 4.40 Å². The van der Waals surface area contributed by atoms with Gasteiger partial charge in [0.05, 0.1) is 27.3 Å². The largest absolute Gasteiger partial charge is 0.307 e. The molecule has 0 bridgehead atoms. The van der Waals surface area contributed by atoms with Gasteiger partial charge in [0.15, 0.2) is 6.20 Å². The van der Waals surface area contributed by atoms with Crippen LogP contribution < -0.4 is 4.57 Å². The molecule has 1 fully saturated rings. The van der Waals surface area contributed by atoms with Crippen LogP contribution in [0.5, 0.6) is 0 Å². The minimum absolute atomic E-state index is 0.179. The van der Waals surface area contributed by atoms with E-state index in [9.17, 15) is 4.39 Å². The number of rotatable bonds is 1. The maximum atomic E-state index is 14.3. The van der Waals surface area contributed by atoms with Gasteiger partial charge in [-0.1, -0.05) is 37.5 Å². The first kappa shape index (κ1) is 18.4. The monoisotopic (exact) mass is 421 g/mol. The summed E-state index contributed by atoms with van der Waals surface area (Å²) in [4.78, 5) is 0. The van der Waals surface area contributed by atoms with Crippen molar-refractivity contribution in [3.05, 3.63) is 71.7 Å². The number of nitrogens with zero attached hydrogens (tertiary/aromatic N) is 2. The number of hydrogen-bond donors (Lipinski definition) is 0. The molecule has 0 radical (unpaired) electrons. The van der Waals surface area contributed by atoms with Crippen LogP contribution >= 0.6 is 0 Å². The zero-order valence-corrected chi connectivity index (χ0v) is 18.6. The SMILES string of the molecule is Cc1ccc2c3cc(F)ccc3n3c4cc(C5CCCCC5)cc5cc[n+](C)c(c1c23)c54. The van der Waals surface area contributed by atoms with Gasteiger partial charge in [0.2, 0.25) is 5.52 Å². The van der Waals surface area contributed by atoms with Gasteiger partial charge in [0.25, 0.3) is 0 Å². The van der Waals surface area contributed by atoms with Crippen molar-refractivity contribution in [2.45, 2.75) is 44.9 Å². The van der Waals surface area contributed by atoms with E-state index in [1.807, 2.05) is 6.07 Å². The maximum Gasteiger partial charge on any atom is 0.224 e. The predicted octanol–water partition coefficient (Wildman–Crippen LogP) is 7.31. The topological polar surface area (TPSA) is 8.29 Å². The van der Waals surface area contributed by atoms with Crippen LogP contribution in [-0.2, 0) is 7.05 Å². The third-order valence-corrected chi connectivity index (χ3v) is 7.89. The minimum Gasteiger partial charge on any atom is -0.307 e. The Labute approximate surface area is 186 Å². The summed E-state index contributed by atoms with van der Waals surface area (Å²) < 4.78 is 19.0. The van der Waals surface area contributed by atoms with Crippen molar-refractivity contribution in [2.75, 3.05) is 0 Å². The molecule has 3 aromatic carbocycles. The fourth-order valence-corrected chi connectivity index (χ4v) is 6.38. The van der Waals surface area contributed by atoms with Gasteiger partial charge in [-0.2, -0.15) is 0 Å². The summed E-state index contributed by atoms with van der Waals surface area (Å²) in [6.45, 7) is 2.19. The Balaban J connectivity index is 1.78. The minimum atomic E-state index is -0.179. The van der Waals surface area contributed by atoms with E-state index in [4.69, 9.17) is 0 Å². The molecule has 0 saturated heterocycles. The number of halogens is 1. The maximum absolute atomic E-state index is 14.3. The molecule has 0 atom stereocenters. The van der Waals surface area contributed by atoms with Crippen LogP contribution in [0.2, 0.25) is 0 Å². The lowest BCUT2D eigenvalue weighted by atomic mass is 9.83. The molecule has 0 spiro atoms. The van der Waals surface area contributed by atoms with Crippen molar-refractivity contribution >= 4 is 49.0 Å². The Hall–Kier alpha value is -3.20. The van der Waals surface area contributed by atoms with Crippen molar-refractivity contribution in [3.63, 3.8) is 0 Å². The fraction of sp³-hybridized carbons (Fsp3) is 0.276. The molecule has 158 valence electrons. The summed E-state index contributed by atoms with van der Waals surface area (Å²) in [5.74, 6) is 0.456. The number of fused-ring (bicyclic) bond motifs is 5. The molecule has 0 aliphatic heterocycles. The second-order valence-electron chi connectivity index (χ2n) is 9.76. The van der Waals surface area contributed by atoms with E-state index >= 15 is 0 Å². The Morgan fingerprint density at radius 1 is 0.875 bits per heavy atom. The van der Waals surface area contributed by atoms with E-state index < -0.39 is 0 Å². The van der Waals surface area contributed by atoms with E-state index in [1.54, 1.807) is 12.1 Å². The van der Waals surface area contributed by atoms with Gasteiger partial charge in [-0.25, -0.2) is 8.96 Å². The van der Waals surface area contributed by atoms with E-state index in [2.05, 4.69) is 59.5 Å². The quantitative estimate of drug-likeness (QED) is 0.149. The molecule has 2 nitrogen and oxygen atoms in total. The van der Waals surface area contributed by atoms with Gasteiger partial charge in [0, 0.05) is 16.8 Å². The second kappa shape index (κ2) is 6.41. The van der Waals surface area contributed by atoms with Crippen LogP contribution in [0.3, 0.4) is 0 Å². The molecule has 0 N–H and O–H groups in total. The van der Waals surface area contributed by atoms with Gasteiger partial charge >= 0.3 is 0 Å². The van der Waals surface area contributed by atoms with Crippen LogP contribution in [0.1, 0.15) is 49.1 Å². The zero-order valence-electron chi connectivity index (χ0n) is 18.6. The van der Waals surface area contributed by atoms with Crippen molar-refractivity contribution < 1.29 is 8.96 Å². The average Bonchev–Trinajstić information content (AvgIpc) is 3.13. The Kier molecular flexibility index (Phi) is 3.68. The van der Waals surface area contributed by atoms with E-state index in [0.717, 1.165) is 16.3 Å². The van der Waals surface area contributed by atoms with Crippen molar-refractivity contribution in [3.8, 4) is 0 Å². The highest BCUT2D eigenvalue weighted by molar-refractivity contribution is 6.25. The molecule has 1 aliphatic rings. The number of benzene rings is 3. The first-order chi connectivity index (χ1) is 15.6. The lowest BCUT2D eigenvalue weighted by molar-refractivity contribution is -0.643. The first-order valence-electron chi connectivity index (χ1n) is 11.8. The number of aromatic nitrogens is 2. The third-order valence-electron chi connectivity index (χ3n) is 7.89. The third kappa shape index (κ3) is 2.31. The number of hydrogen-bond acceptors (Lipinski definition) is 0. The molecule has 3 heteroatoms. The molecule has 7 rings (SSSR count). The average molecular weight is 422 g/mol. The van der Waals surface area contributed by atoms with Gasteiger partial charge in [-0.05, 0) is 66.5 Å². The van der Waals surface area contributed by atoms with E-state index in [0.29, 0.717) is 5.92 Å². The highest BCUT2D eigenvalue weighted by Gasteiger charge is 2.25. The van der Waals surface area contributed by atoms with E-state index in [-0.39, 0.29) is 5.82 Å². The molecule has 3 heterocycles. The number of pyridine rings is 2. The van der Waals surface area contributed by atoms with Crippen LogP contribution in [-0.4, -0.2) is 4.40 Å². The molecule has 0 unspecified atom stereocenters. The standard InChI is InChI=1S/C29H26FN2/c1-17-8-10-22-23-16-21(30)9-11-24(23)32-25-15-20(18-6-4-3-5-7-18)14-19-12-13-31(2)29(27(19)25)26(17)28(22)32/h8-16,18H,3-7H2,1-2H3/q+1. The molecule has 6 aromatic rings. The van der Waals surface area contributed by atoms with E-state index in [1.165, 1.54) is 75.9 Å². The Morgan fingerprint density at radius 3 is 2.56 bits per heavy atom. The Bertz CT molecular complexity index is 1690. The first-order valence-corrected chi connectivity index (χ1v) is 11.8. The van der Waals surface area contributed by atoms with Crippen molar-refractivity contribution in [1.29, 1.82) is 0 Å². The van der Waals surface area contributed by atoms with Gasteiger partial charge in [-0.15, -0.1) is 0 Å². The van der Waals surface area contributed by atoms with Crippen LogP contribution in [0.25, 0.3) is 49.0 Å². The second-order valence-corrected chi connectivity index (χ2v) is 9.76. The molecule has 3 aromatic heterocycles. The molecular weight excluding hydrogens is 395 g/mol. The highest BCUT2D eigenvalue weighted by Crippen LogP contribution is 2.42. The normalized spacial score (nSPS) is 15.8. The van der Waals surface area contributed by atoms with Crippen LogP contribution in [0, 0.1) is 12.7 Å². The summed E-state index contributed by atoms with van der Waals surface area (Å²) >= 11 is 0. The summed E-state index contributed by atoms with van der Waals surface area (Å²) in [7, 11) is 2.14. The lowest BCUT2D eigenvalue weighted by Gasteiger charge is -2.23. The molecular formula is C29H26FN2+. The summed E-state index contributed by atoms with van der Waals surface area (Å²) in [5, 5.41) is 6.01. The summed E-state index contributed by atoms with van der Waals surface area (Å²) in [5.41, 5.74) is 7.53. The predicted molar refractivity (Wildman–Crippen MR) is 130 cm³/mol. The molecule has 32 heavy (non-hydrogen) atoms. The summed E-state index contributed by atoms with van der Waals surface area (Å²) in [6, 6.07) is 16.7. The van der Waals surface area contributed by atoms with Crippen LogP contribution in [0.4, 0.5) is 4.39 Å². The van der Waals surface area contributed by atoms with Crippen molar-refractivity contribution in [2.24, 2.45) is 7.05 Å². The van der Waals surface area contributed by atoms with Crippen LogP contribution in [0.15, 0.2) is 54.7 Å². The lowest BCUT2D eigenvalue weighted by Crippen LogP contribution is -2.29. The number of aryl methyl sites for hydroxylation is 2. The molecule has 1 saturated carbocycles. The van der Waals surface area contributed by atoms with Gasteiger partial charge in [-0.3, -0.25) is 0 Å². The fourth-order valence-electron chi connectivity index (χ4n) is 6.38. The van der Waals surface area contributed by atoms with Crippen molar-refractivity contribution in [1.82, 2.24) is 4.40 Å². The summed E-state index contributed by atoms with van der Waals surface area (Å²) in [6.07, 6.45) is 8.76. The van der Waals surface area contributed by atoms with Gasteiger partial charge in [0.1, 0.15) is 12.9 Å². The molecule has 0 amide bonds.